The summed E-state index contributed by atoms with van der Waals surface area (Å²) in [6.07, 6.45) is 1.14. The van der Waals surface area contributed by atoms with Crippen LogP contribution in [0.2, 0.25) is 0 Å². The summed E-state index contributed by atoms with van der Waals surface area (Å²) in [7, 11) is -3.26. The molecule has 1 atom stereocenters. The maximum absolute atomic E-state index is 11.6. The monoisotopic (exact) mass is 262 g/mol. The van der Waals surface area contributed by atoms with Crippen molar-refractivity contribution >= 4 is 21.8 Å². The van der Waals surface area contributed by atoms with Crippen LogP contribution in [0.5, 0.6) is 0 Å². The second-order valence-electron chi connectivity index (χ2n) is 5.11. The Balaban J connectivity index is 2.83. The zero-order valence-electron chi connectivity index (χ0n) is 10.5. The molecule has 98 valence electrons. The summed E-state index contributed by atoms with van der Waals surface area (Å²) in [6.45, 7) is 5.16. The number of carbonyl (C=O) groups excluding carboxylic acids is 2. The number of amides is 3. The molecule has 0 aromatic rings. The highest BCUT2D eigenvalue weighted by Gasteiger charge is 2.37. The molecule has 7 heteroatoms. The Morgan fingerprint density at radius 1 is 1.41 bits per heavy atom. The van der Waals surface area contributed by atoms with E-state index in [1.54, 1.807) is 20.8 Å². The largest absolute Gasteiger partial charge is 0.324 e. The zero-order valence-corrected chi connectivity index (χ0v) is 11.3. The molecular weight excluding hydrogens is 244 g/mol. The van der Waals surface area contributed by atoms with Gasteiger partial charge >= 0.3 is 6.03 Å². The molecule has 6 nitrogen and oxygen atoms in total. The lowest BCUT2D eigenvalue weighted by atomic mass is 10.1. The quantitative estimate of drug-likeness (QED) is 0.776. The minimum absolute atomic E-state index is 0.0787. The Morgan fingerprint density at radius 2 is 1.94 bits per heavy atom. The van der Waals surface area contributed by atoms with E-state index in [1.165, 1.54) is 4.90 Å². The summed E-state index contributed by atoms with van der Waals surface area (Å²) in [4.78, 5) is 24.2. The second-order valence-corrected chi connectivity index (χ2v) is 7.76. The highest BCUT2D eigenvalue weighted by molar-refractivity contribution is 7.92. The van der Waals surface area contributed by atoms with Gasteiger partial charge in [0.2, 0.25) is 5.91 Å². The lowest BCUT2D eigenvalue weighted by molar-refractivity contribution is -0.125. The van der Waals surface area contributed by atoms with Crippen LogP contribution in [-0.2, 0) is 14.6 Å². The van der Waals surface area contributed by atoms with Crippen molar-refractivity contribution in [3.05, 3.63) is 0 Å². The SMILES string of the molecule is CC1CN(CC(C)(C)S(C)(=O)=O)C(=O)NC1=O. The number of hydrogen-bond acceptors (Lipinski definition) is 4. The average Bonchev–Trinajstić information content (AvgIpc) is 2.12. The average molecular weight is 262 g/mol. The smallest absolute Gasteiger partial charge is 0.322 e. The molecule has 1 rings (SSSR count). The summed E-state index contributed by atoms with van der Waals surface area (Å²) < 4.78 is 22.1. The number of imide groups is 1. The number of nitrogens with one attached hydrogen (secondary N) is 1. The van der Waals surface area contributed by atoms with Gasteiger partial charge in [-0.1, -0.05) is 6.92 Å². The third-order valence-electron chi connectivity index (χ3n) is 3.03. The van der Waals surface area contributed by atoms with Crippen LogP contribution in [0.1, 0.15) is 20.8 Å². The van der Waals surface area contributed by atoms with E-state index in [4.69, 9.17) is 0 Å². The first kappa shape index (κ1) is 14.0. The lowest BCUT2D eigenvalue weighted by Crippen LogP contribution is -2.57. The van der Waals surface area contributed by atoms with Gasteiger partial charge in [0.15, 0.2) is 9.84 Å². The number of carbonyl (C=O) groups is 2. The Bertz CT molecular complexity index is 441. The number of sulfone groups is 1. The molecule has 3 amide bonds. The fourth-order valence-electron chi connectivity index (χ4n) is 1.52. The predicted molar refractivity (Wildman–Crippen MR) is 63.2 cm³/mol. The van der Waals surface area contributed by atoms with Crippen LogP contribution >= 0.6 is 0 Å². The molecule has 0 spiro atoms. The summed E-state index contributed by atoms with van der Waals surface area (Å²) in [5, 5.41) is 2.21. The molecule has 1 heterocycles. The summed E-state index contributed by atoms with van der Waals surface area (Å²) in [6, 6.07) is -0.523. The molecule has 0 aliphatic carbocycles. The van der Waals surface area contributed by atoms with Gasteiger partial charge in [-0.15, -0.1) is 0 Å². The first-order chi connectivity index (χ1) is 7.54. The van der Waals surface area contributed by atoms with Crippen molar-refractivity contribution in [2.24, 2.45) is 5.92 Å². The highest BCUT2D eigenvalue weighted by Crippen LogP contribution is 2.19. The molecule has 1 unspecified atom stereocenters. The molecule has 0 saturated carbocycles. The van der Waals surface area contributed by atoms with E-state index >= 15 is 0 Å². The van der Waals surface area contributed by atoms with E-state index in [0.29, 0.717) is 0 Å². The first-order valence-electron chi connectivity index (χ1n) is 5.34. The summed E-state index contributed by atoms with van der Waals surface area (Å²) >= 11 is 0. The van der Waals surface area contributed by atoms with Gasteiger partial charge < -0.3 is 4.90 Å². The Hall–Kier alpha value is -1.11. The van der Waals surface area contributed by atoms with Crippen LogP contribution in [0.15, 0.2) is 0 Å². The van der Waals surface area contributed by atoms with Crippen LogP contribution in [0, 0.1) is 5.92 Å². The lowest BCUT2D eigenvalue weighted by Gasteiger charge is -2.35. The Labute approximate surface area is 101 Å². The van der Waals surface area contributed by atoms with E-state index in [1.807, 2.05) is 0 Å². The molecule has 0 aromatic heterocycles. The molecule has 1 saturated heterocycles. The van der Waals surface area contributed by atoms with Gasteiger partial charge in [-0.3, -0.25) is 10.1 Å². The third kappa shape index (κ3) is 2.96. The van der Waals surface area contributed by atoms with Crippen LogP contribution in [0.25, 0.3) is 0 Å². The molecule has 1 fully saturated rings. The van der Waals surface area contributed by atoms with E-state index in [2.05, 4.69) is 5.32 Å². The van der Waals surface area contributed by atoms with Crippen molar-refractivity contribution in [1.29, 1.82) is 0 Å². The first-order valence-corrected chi connectivity index (χ1v) is 7.23. The van der Waals surface area contributed by atoms with Crippen molar-refractivity contribution in [2.45, 2.75) is 25.5 Å². The van der Waals surface area contributed by atoms with Crippen LogP contribution in [0.4, 0.5) is 4.79 Å². The van der Waals surface area contributed by atoms with E-state index in [-0.39, 0.29) is 24.9 Å². The summed E-state index contributed by atoms with van der Waals surface area (Å²) in [5.41, 5.74) is 0. The normalized spacial score (nSPS) is 22.6. The van der Waals surface area contributed by atoms with Gasteiger partial charge in [0.1, 0.15) is 0 Å². The van der Waals surface area contributed by atoms with Gasteiger partial charge in [-0.2, -0.15) is 0 Å². The number of hydrogen-bond donors (Lipinski definition) is 1. The van der Waals surface area contributed by atoms with Gasteiger partial charge in [0.25, 0.3) is 0 Å². The predicted octanol–water partition coefficient (Wildman–Crippen LogP) is -0.00250. The molecule has 0 radical (unpaired) electrons. The van der Waals surface area contributed by atoms with E-state index in [0.717, 1.165) is 6.26 Å². The van der Waals surface area contributed by atoms with Crippen LogP contribution in [-0.4, -0.2) is 49.3 Å². The molecule has 1 aliphatic rings. The van der Waals surface area contributed by atoms with Gasteiger partial charge in [-0.25, -0.2) is 13.2 Å². The molecule has 0 aromatic carbocycles. The van der Waals surface area contributed by atoms with Gasteiger partial charge in [-0.05, 0) is 13.8 Å². The Morgan fingerprint density at radius 3 is 2.41 bits per heavy atom. The number of nitrogens with zero attached hydrogens (tertiary/aromatic N) is 1. The molecule has 17 heavy (non-hydrogen) atoms. The van der Waals surface area contributed by atoms with E-state index < -0.39 is 20.6 Å². The summed E-state index contributed by atoms with van der Waals surface area (Å²) in [5.74, 6) is -0.633. The Kier molecular flexibility index (Phi) is 3.52. The number of rotatable bonds is 3. The fraction of sp³-hybridized carbons (Fsp3) is 0.800. The van der Waals surface area contributed by atoms with Crippen molar-refractivity contribution in [3.63, 3.8) is 0 Å². The van der Waals surface area contributed by atoms with Crippen LogP contribution < -0.4 is 5.32 Å². The molecule has 1 N–H and O–H groups in total. The maximum Gasteiger partial charge on any atom is 0.324 e. The van der Waals surface area contributed by atoms with Gasteiger partial charge in [0.05, 0.1) is 10.7 Å². The van der Waals surface area contributed by atoms with Crippen LogP contribution in [0.3, 0.4) is 0 Å². The maximum atomic E-state index is 11.6. The number of urea groups is 1. The molecular formula is C10H18N2O4S. The van der Waals surface area contributed by atoms with Gasteiger partial charge in [0, 0.05) is 19.3 Å². The standard InChI is InChI=1S/C10H18N2O4S/c1-7-5-12(9(14)11-8(7)13)6-10(2,3)17(4,15)16/h7H,5-6H2,1-4H3,(H,11,13,14). The topological polar surface area (TPSA) is 83.6 Å². The van der Waals surface area contributed by atoms with Crippen molar-refractivity contribution in [3.8, 4) is 0 Å². The highest BCUT2D eigenvalue weighted by atomic mass is 32.2. The molecule has 1 aliphatic heterocycles. The van der Waals surface area contributed by atoms with Crippen molar-refractivity contribution in [1.82, 2.24) is 10.2 Å². The second kappa shape index (κ2) is 4.29. The zero-order chi connectivity index (χ0) is 13.4. The van der Waals surface area contributed by atoms with E-state index in [9.17, 15) is 18.0 Å². The fourth-order valence-corrected chi connectivity index (χ4v) is 1.91. The van der Waals surface area contributed by atoms with Crippen molar-refractivity contribution < 1.29 is 18.0 Å². The molecule has 0 bridgehead atoms. The van der Waals surface area contributed by atoms with Crippen molar-refractivity contribution in [2.75, 3.05) is 19.3 Å². The third-order valence-corrected chi connectivity index (χ3v) is 5.17. The minimum Gasteiger partial charge on any atom is -0.322 e. The minimum atomic E-state index is -3.26.